The van der Waals surface area contributed by atoms with E-state index in [0.29, 0.717) is 0 Å². The molecule has 0 aliphatic heterocycles. The summed E-state index contributed by atoms with van der Waals surface area (Å²) in [5.74, 6) is 0. The largest absolute Gasteiger partial charge is 0.0984 e. The summed E-state index contributed by atoms with van der Waals surface area (Å²) in [6, 6.07) is 29.6. The van der Waals surface area contributed by atoms with Crippen molar-refractivity contribution in [3.8, 4) is 33.4 Å². The van der Waals surface area contributed by atoms with E-state index in [0.717, 1.165) is 77.5 Å². The third-order valence-electron chi connectivity index (χ3n) is 7.58. The maximum Gasteiger partial charge on any atom is -0.00203 e. The first-order valence-electron chi connectivity index (χ1n) is 13.3. The molecule has 0 heteroatoms. The highest BCUT2D eigenvalue weighted by Crippen LogP contribution is 2.46. The molecule has 0 saturated heterocycles. The van der Waals surface area contributed by atoms with Crippen LogP contribution in [0.15, 0.2) is 124 Å². The summed E-state index contributed by atoms with van der Waals surface area (Å²) in [4.78, 5) is 0. The summed E-state index contributed by atoms with van der Waals surface area (Å²) >= 11 is 0. The first-order chi connectivity index (χ1) is 19.6. The molecule has 0 N–H and O–H groups in total. The summed E-state index contributed by atoms with van der Waals surface area (Å²) in [6.07, 6.45) is 11.5. The highest BCUT2D eigenvalue weighted by molar-refractivity contribution is 6.13. The predicted molar refractivity (Wildman–Crippen MR) is 181 cm³/mol. The number of rotatable bonds is 9. The monoisotopic (exact) mass is 512 g/mol. The van der Waals surface area contributed by atoms with Gasteiger partial charge in [-0.2, -0.15) is 0 Å². The minimum absolute atomic E-state index is 1.02. The lowest BCUT2D eigenvalue weighted by molar-refractivity contribution is 1.52. The second-order valence-electron chi connectivity index (χ2n) is 9.51. The van der Waals surface area contributed by atoms with Crippen LogP contribution in [0.5, 0.6) is 0 Å². The van der Waals surface area contributed by atoms with Crippen molar-refractivity contribution >= 4 is 47.2 Å². The van der Waals surface area contributed by atoms with Gasteiger partial charge in [0.05, 0.1) is 0 Å². The Morgan fingerprint density at radius 2 is 0.850 bits per heavy atom. The zero-order chi connectivity index (χ0) is 28.2. The van der Waals surface area contributed by atoms with Crippen molar-refractivity contribution in [1.29, 1.82) is 0 Å². The minimum atomic E-state index is 1.02. The molecule has 0 aliphatic carbocycles. The zero-order valence-corrected chi connectivity index (χ0v) is 22.8. The fourth-order valence-electron chi connectivity index (χ4n) is 5.86. The second-order valence-corrected chi connectivity index (χ2v) is 9.51. The van der Waals surface area contributed by atoms with Crippen molar-refractivity contribution in [2.24, 2.45) is 0 Å². The van der Waals surface area contributed by atoms with Crippen molar-refractivity contribution in [3.05, 3.63) is 158 Å². The van der Waals surface area contributed by atoms with Gasteiger partial charge in [0.25, 0.3) is 0 Å². The lowest BCUT2D eigenvalue weighted by Crippen LogP contribution is -1.99. The van der Waals surface area contributed by atoms with Crippen molar-refractivity contribution in [3.63, 3.8) is 0 Å². The summed E-state index contributed by atoms with van der Waals surface area (Å²) < 4.78 is 0. The lowest BCUT2D eigenvalue weighted by Gasteiger charge is -2.23. The van der Waals surface area contributed by atoms with Crippen molar-refractivity contribution in [1.82, 2.24) is 0 Å². The summed E-state index contributed by atoms with van der Waals surface area (Å²) in [5, 5.41) is 2.31. The maximum atomic E-state index is 4.26. The van der Waals surface area contributed by atoms with Crippen LogP contribution in [0.4, 0.5) is 0 Å². The van der Waals surface area contributed by atoms with Crippen molar-refractivity contribution < 1.29 is 0 Å². The summed E-state index contributed by atoms with van der Waals surface area (Å²) in [7, 11) is 0. The maximum absolute atomic E-state index is 4.26. The number of hydrogen-bond donors (Lipinski definition) is 0. The third-order valence-corrected chi connectivity index (χ3v) is 7.58. The van der Waals surface area contributed by atoms with Gasteiger partial charge in [-0.15, -0.1) is 0 Å². The average Bonchev–Trinajstić information content (AvgIpc) is 3.02. The van der Waals surface area contributed by atoms with E-state index >= 15 is 0 Å². The van der Waals surface area contributed by atoms with E-state index in [2.05, 4.69) is 118 Å². The molecular formula is C40H32. The molecule has 0 spiro atoms. The summed E-state index contributed by atoms with van der Waals surface area (Å²) in [5.41, 5.74) is 12.8. The highest BCUT2D eigenvalue weighted by atomic mass is 14.2. The lowest BCUT2D eigenvalue weighted by atomic mass is 9.80. The Morgan fingerprint density at radius 3 is 1.45 bits per heavy atom. The van der Waals surface area contributed by atoms with E-state index in [1.54, 1.807) is 0 Å². The first kappa shape index (κ1) is 26.4. The highest BCUT2D eigenvalue weighted by Gasteiger charge is 2.22. The molecule has 5 rings (SSSR count). The Kier molecular flexibility index (Phi) is 7.44. The normalized spacial score (nSPS) is 10.6. The molecular weight excluding hydrogens is 480 g/mol. The number of benzene rings is 5. The Morgan fingerprint density at radius 1 is 0.350 bits per heavy atom. The van der Waals surface area contributed by atoms with Gasteiger partial charge in [-0.3, -0.25) is 0 Å². The van der Waals surface area contributed by atoms with Gasteiger partial charge in [0.15, 0.2) is 0 Å². The van der Waals surface area contributed by atoms with E-state index in [1.165, 1.54) is 0 Å². The van der Waals surface area contributed by atoms with E-state index < -0.39 is 0 Å². The quantitative estimate of drug-likeness (QED) is 0.184. The fraction of sp³-hybridized carbons (Fsp3) is 0. The predicted octanol–water partition coefficient (Wildman–Crippen LogP) is 11.7. The van der Waals surface area contributed by atoms with Crippen LogP contribution < -0.4 is 0 Å². The fourth-order valence-corrected chi connectivity index (χ4v) is 5.86. The molecule has 0 bridgehead atoms. The van der Waals surface area contributed by atoms with E-state index in [1.807, 2.05) is 42.5 Å². The van der Waals surface area contributed by atoms with Crippen LogP contribution in [0.3, 0.4) is 0 Å². The molecule has 0 aromatic heterocycles. The van der Waals surface area contributed by atoms with Gasteiger partial charge in [0.1, 0.15) is 0 Å². The van der Waals surface area contributed by atoms with Crippen LogP contribution >= 0.6 is 0 Å². The Bertz CT molecular complexity index is 1830. The standard InChI is InChI=1S/C40H32/c1-7-27-21-18-24-34(29(27)8-2)35-25-26-38(31(10-4)30(35)9-3)40-33(12-6)32(11-5)39(28-19-14-13-15-20-28)36-22-16-17-23-37(36)40/h7-26H,1-6H2. The van der Waals surface area contributed by atoms with Gasteiger partial charge < -0.3 is 0 Å². The van der Waals surface area contributed by atoms with Gasteiger partial charge in [-0.05, 0) is 77.5 Å². The average molecular weight is 513 g/mol. The molecule has 0 amide bonds. The third kappa shape index (κ3) is 4.21. The Hall–Kier alpha value is -5.20. The van der Waals surface area contributed by atoms with Crippen molar-refractivity contribution in [2.75, 3.05) is 0 Å². The molecule has 0 fully saturated rings. The van der Waals surface area contributed by atoms with E-state index in [4.69, 9.17) is 0 Å². The van der Waals surface area contributed by atoms with Crippen LogP contribution in [0.1, 0.15) is 33.4 Å². The van der Waals surface area contributed by atoms with E-state index in [-0.39, 0.29) is 0 Å². The molecule has 40 heavy (non-hydrogen) atoms. The SMILES string of the molecule is C=Cc1cccc(-c2ccc(-c3c(C=C)c(C=C)c(-c4ccccc4)c4ccccc34)c(C=C)c2C=C)c1C=C. The molecule has 5 aromatic rings. The molecule has 0 heterocycles. The Labute approximate surface area is 238 Å². The first-order valence-corrected chi connectivity index (χ1v) is 13.3. The molecule has 192 valence electrons. The summed E-state index contributed by atoms with van der Waals surface area (Å²) in [6.45, 7) is 25.0. The van der Waals surface area contributed by atoms with Gasteiger partial charge >= 0.3 is 0 Å². The van der Waals surface area contributed by atoms with Crippen molar-refractivity contribution in [2.45, 2.75) is 0 Å². The number of hydrogen-bond acceptors (Lipinski definition) is 0. The minimum Gasteiger partial charge on any atom is -0.0984 e. The molecule has 0 atom stereocenters. The van der Waals surface area contributed by atoms with Crippen LogP contribution in [0, 0.1) is 0 Å². The molecule has 0 saturated carbocycles. The van der Waals surface area contributed by atoms with Crippen LogP contribution in [0.2, 0.25) is 0 Å². The van der Waals surface area contributed by atoms with Crippen LogP contribution in [-0.2, 0) is 0 Å². The zero-order valence-electron chi connectivity index (χ0n) is 22.8. The molecule has 0 radical (unpaired) electrons. The van der Waals surface area contributed by atoms with Crippen LogP contribution in [-0.4, -0.2) is 0 Å². The van der Waals surface area contributed by atoms with Gasteiger partial charge in [-0.1, -0.05) is 161 Å². The van der Waals surface area contributed by atoms with Gasteiger partial charge in [-0.25, -0.2) is 0 Å². The molecule has 5 aromatic carbocycles. The van der Waals surface area contributed by atoms with Crippen LogP contribution in [0.25, 0.3) is 80.6 Å². The Balaban J connectivity index is 1.91. The molecule has 0 nitrogen and oxygen atoms in total. The molecule has 0 aliphatic rings. The second kappa shape index (κ2) is 11.3. The smallest absolute Gasteiger partial charge is 0.00203 e. The van der Waals surface area contributed by atoms with E-state index in [9.17, 15) is 0 Å². The van der Waals surface area contributed by atoms with Gasteiger partial charge in [0, 0.05) is 0 Å². The topological polar surface area (TPSA) is 0 Å². The molecule has 0 unspecified atom stereocenters. The van der Waals surface area contributed by atoms with Gasteiger partial charge in [0.2, 0.25) is 0 Å². The number of fused-ring (bicyclic) bond motifs is 1.